The lowest BCUT2D eigenvalue weighted by molar-refractivity contribution is -0.137. The van der Waals surface area contributed by atoms with Crippen LogP contribution in [0.15, 0.2) is 18.2 Å². The molecule has 1 saturated carbocycles. The first kappa shape index (κ1) is 20.2. The topological polar surface area (TPSA) is 101 Å². The lowest BCUT2D eigenvalue weighted by Gasteiger charge is -2.09. The largest absolute Gasteiger partial charge is 0.460 e. The Morgan fingerprint density at radius 1 is 1.31 bits per heavy atom. The summed E-state index contributed by atoms with van der Waals surface area (Å²) in [5.41, 5.74) is -0.841. The number of aromatic nitrogens is 1. The molecule has 0 atom stereocenters. The van der Waals surface area contributed by atoms with E-state index in [9.17, 15) is 18.8 Å². The van der Waals surface area contributed by atoms with E-state index in [2.05, 4.69) is 10.1 Å². The summed E-state index contributed by atoms with van der Waals surface area (Å²) in [5.74, 6) is -5.25. The molecule has 0 spiro atoms. The van der Waals surface area contributed by atoms with Crippen LogP contribution in [0.4, 0.5) is 14.5 Å². The van der Waals surface area contributed by atoms with E-state index >= 15 is 4.39 Å². The number of esters is 1. The Labute approximate surface area is 164 Å². The highest BCUT2D eigenvalue weighted by Gasteiger charge is 2.39. The van der Waals surface area contributed by atoms with Gasteiger partial charge < -0.3 is 14.6 Å². The molecule has 0 unspecified atom stereocenters. The summed E-state index contributed by atoms with van der Waals surface area (Å²) >= 11 is 0. The van der Waals surface area contributed by atoms with Crippen LogP contribution in [0, 0.1) is 23.0 Å². The van der Waals surface area contributed by atoms with E-state index in [0.717, 1.165) is 12.1 Å². The molecule has 1 aliphatic rings. The van der Waals surface area contributed by atoms with Gasteiger partial charge in [-0.1, -0.05) is 0 Å². The third-order valence-electron chi connectivity index (χ3n) is 4.59. The average molecular weight is 401 g/mol. The fourth-order valence-electron chi connectivity index (χ4n) is 3.15. The van der Waals surface area contributed by atoms with E-state index in [1.165, 1.54) is 24.6 Å². The van der Waals surface area contributed by atoms with Crippen molar-refractivity contribution in [1.29, 1.82) is 5.26 Å². The number of Topliss-reactive ketones (excluding diaryl/α,β-unsaturated/α-hetero) is 1. The maximum Gasteiger partial charge on any atom is 0.379 e. The molecule has 1 aliphatic carbocycles. The summed E-state index contributed by atoms with van der Waals surface area (Å²) < 4.78 is 34.5. The number of rotatable bonds is 6. The standard InChI is InChI=1S/C20H17F2N3O4/c1-3-29-20(28)18(26)14-15(22)17(25(2)16(14)10-4-5-10)19(27)24-12-6-7-13(21)11(8-12)9-23/h6-8,10H,3-5H2,1-2H3,(H,24,27). The van der Waals surface area contributed by atoms with Gasteiger partial charge in [0.2, 0.25) is 0 Å². The SMILES string of the molecule is CCOC(=O)C(=O)c1c(F)c(C(=O)Nc2ccc(F)c(C#N)c2)n(C)c1C1CC1. The maximum atomic E-state index is 15.1. The van der Waals surface area contributed by atoms with Gasteiger partial charge in [-0.25, -0.2) is 13.6 Å². The molecule has 1 aromatic heterocycles. The van der Waals surface area contributed by atoms with Crippen molar-refractivity contribution in [3.05, 3.63) is 52.3 Å². The van der Waals surface area contributed by atoms with Crippen molar-refractivity contribution in [2.75, 3.05) is 11.9 Å². The lowest BCUT2D eigenvalue weighted by atomic mass is 10.1. The molecular weight excluding hydrogens is 384 g/mol. The van der Waals surface area contributed by atoms with Crippen molar-refractivity contribution in [2.24, 2.45) is 7.05 Å². The number of benzene rings is 1. The highest BCUT2D eigenvalue weighted by molar-refractivity contribution is 6.41. The molecule has 0 radical (unpaired) electrons. The quantitative estimate of drug-likeness (QED) is 0.455. The fraction of sp³-hybridized carbons (Fsp3) is 0.300. The van der Waals surface area contributed by atoms with Crippen molar-refractivity contribution >= 4 is 23.3 Å². The molecule has 1 heterocycles. The number of carbonyl (C=O) groups is 3. The molecule has 2 aromatic rings. The second-order valence-corrected chi connectivity index (χ2v) is 6.57. The average Bonchev–Trinajstić information content (AvgIpc) is 3.48. The molecule has 1 fully saturated rings. The molecule has 1 N–H and O–H groups in total. The van der Waals surface area contributed by atoms with Gasteiger partial charge in [-0.2, -0.15) is 5.26 Å². The second kappa shape index (κ2) is 7.83. The minimum Gasteiger partial charge on any atom is -0.460 e. The maximum absolute atomic E-state index is 15.1. The minimum absolute atomic E-state index is 0.0447. The first-order valence-corrected chi connectivity index (χ1v) is 8.90. The first-order chi connectivity index (χ1) is 13.8. The van der Waals surface area contributed by atoms with E-state index in [0.29, 0.717) is 12.8 Å². The van der Waals surface area contributed by atoms with E-state index in [4.69, 9.17) is 5.26 Å². The number of nitrogens with one attached hydrogen (secondary N) is 1. The Morgan fingerprint density at radius 2 is 2.00 bits per heavy atom. The van der Waals surface area contributed by atoms with Crippen LogP contribution >= 0.6 is 0 Å². The summed E-state index contributed by atoms with van der Waals surface area (Å²) in [6, 6.07) is 4.98. The zero-order valence-electron chi connectivity index (χ0n) is 15.7. The predicted octanol–water partition coefficient (Wildman–Crippen LogP) is 3.05. The molecule has 9 heteroatoms. The van der Waals surface area contributed by atoms with Crippen LogP contribution in [-0.4, -0.2) is 28.8 Å². The number of nitriles is 1. The molecule has 1 aromatic carbocycles. The molecule has 0 aliphatic heterocycles. The third-order valence-corrected chi connectivity index (χ3v) is 4.59. The summed E-state index contributed by atoms with van der Waals surface area (Å²) in [4.78, 5) is 37.0. The number of hydrogen-bond acceptors (Lipinski definition) is 5. The summed E-state index contributed by atoms with van der Waals surface area (Å²) in [6.07, 6.45) is 1.40. The monoisotopic (exact) mass is 401 g/mol. The van der Waals surface area contributed by atoms with Crippen LogP contribution in [0.25, 0.3) is 0 Å². The highest BCUT2D eigenvalue weighted by Crippen LogP contribution is 2.43. The van der Waals surface area contributed by atoms with Gasteiger partial charge in [0.1, 0.15) is 17.6 Å². The summed E-state index contributed by atoms with van der Waals surface area (Å²) in [6.45, 7) is 1.47. The smallest absolute Gasteiger partial charge is 0.379 e. The molecule has 7 nitrogen and oxygen atoms in total. The van der Waals surface area contributed by atoms with Crippen molar-refractivity contribution < 1.29 is 27.9 Å². The van der Waals surface area contributed by atoms with Crippen LogP contribution in [0.3, 0.4) is 0 Å². The van der Waals surface area contributed by atoms with Crippen LogP contribution < -0.4 is 5.32 Å². The van der Waals surface area contributed by atoms with E-state index in [1.54, 1.807) is 6.07 Å². The number of carbonyl (C=O) groups excluding carboxylic acids is 3. The van der Waals surface area contributed by atoms with Gasteiger partial charge in [-0.05, 0) is 38.0 Å². The van der Waals surface area contributed by atoms with E-state index < -0.39 is 40.6 Å². The van der Waals surface area contributed by atoms with Gasteiger partial charge in [0.15, 0.2) is 5.82 Å². The second-order valence-electron chi connectivity index (χ2n) is 6.57. The van der Waals surface area contributed by atoms with Crippen LogP contribution in [0.5, 0.6) is 0 Å². The molecular formula is C20H17F2N3O4. The molecule has 150 valence electrons. The molecule has 1 amide bonds. The fourth-order valence-corrected chi connectivity index (χ4v) is 3.15. The number of hydrogen-bond donors (Lipinski definition) is 1. The zero-order valence-corrected chi connectivity index (χ0v) is 15.7. The minimum atomic E-state index is -1.19. The van der Waals surface area contributed by atoms with Gasteiger partial charge in [-0.3, -0.25) is 9.59 Å². The highest BCUT2D eigenvalue weighted by atomic mass is 19.1. The Hall–Kier alpha value is -3.54. The number of ether oxygens (including phenoxy) is 1. The van der Waals surface area contributed by atoms with Crippen molar-refractivity contribution in [1.82, 2.24) is 4.57 Å². The van der Waals surface area contributed by atoms with Gasteiger partial charge in [0, 0.05) is 24.3 Å². The molecule has 0 bridgehead atoms. The van der Waals surface area contributed by atoms with Gasteiger partial charge in [-0.15, -0.1) is 0 Å². The summed E-state index contributed by atoms with van der Waals surface area (Å²) in [7, 11) is 1.43. The molecule has 29 heavy (non-hydrogen) atoms. The third kappa shape index (κ3) is 3.74. The van der Waals surface area contributed by atoms with Crippen LogP contribution in [-0.2, 0) is 16.6 Å². The number of ketones is 1. The number of nitrogens with zero attached hydrogens (tertiary/aromatic N) is 2. The van der Waals surface area contributed by atoms with Crippen molar-refractivity contribution in [2.45, 2.75) is 25.7 Å². The number of halogens is 2. The molecule has 0 saturated heterocycles. The Balaban J connectivity index is 2.00. The molecule has 3 rings (SSSR count). The summed E-state index contributed by atoms with van der Waals surface area (Å²) in [5, 5.41) is 11.3. The Kier molecular flexibility index (Phi) is 5.46. The van der Waals surface area contributed by atoms with Crippen molar-refractivity contribution in [3.63, 3.8) is 0 Å². The van der Waals surface area contributed by atoms with Crippen molar-refractivity contribution in [3.8, 4) is 6.07 Å². The van der Waals surface area contributed by atoms with E-state index in [-0.39, 0.29) is 29.5 Å². The Morgan fingerprint density at radius 3 is 2.59 bits per heavy atom. The first-order valence-electron chi connectivity index (χ1n) is 8.90. The normalized spacial score (nSPS) is 12.9. The Bertz CT molecular complexity index is 1060. The van der Waals surface area contributed by atoms with Gasteiger partial charge >= 0.3 is 5.97 Å². The number of amides is 1. The number of anilines is 1. The van der Waals surface area contributed by atoms with Crippen LogP contribution in [0.2, 0.25) is 0 Å². The van der Waals surface area contributed by atoms with E-state index in [1.807, 2.05) is 0 Å². The lowest BCUT2D eigenvalue weighted by Crippen LogP contribution is -2.20. The zero-order chi connectivity index (χ0) is 21.3. The van der Waals surface area contributed by atoms with Gasteiger partial charge in [0.25, 0.3) is 11.7 Å². The van der Waals surface area contributed by atoms with Gasteiger partial charge in [0.05, 0.1) is 17.7 Å². The van der Waals surface area contributed by atoms with Crippen LogP contribution in [0.1, 0.15) is 57.8 Å². The predicted molar refractivity (Wildman–Crippen MR) is 97.4 cm³/mol.